The molecule has 1 aromatic carbocycles. The van der Waals surface area contributed by atoms with E-state index in [-0.39, 0.29) is 39.6 Å². The summed E-state index contributed by atoms with van der Waals surface area (Å²) in [6.07, 6.45) is 5.73. The van der Waals surface area contributed by atoms with Crippen molar-refractivity contribution in [1.29, 1.82) is 0 Å². The smallest absolute Gasteiger partial charge is 0.310 e. The number of benzene rings is 1. The third-order valence-corrected chi connectivity index (χ3v) is 9.33. The Kier molecular flexibility index (Phi) is 4.96. The Hall–Kier alpha value is -2.19. The SMILES string of the molecule is C[C@]12CCC[C@]3(CO3)[C@@H]1C[C@@H]1[C@@H](C2)OC(=O)[C@@H]1CN1CCN(c2ccc([N+](=O)[O-])cc2)CC1. The van der Waals surface area contributed by atoms with Gasteiger partial charge in [0.15, 0.2) is 0 Å². The summed E-state index contributed by atoms with van der Waals surface area (Å²) in [5.74, 6) is 0.817. The van der Waals surface area contributed by atoms with E-state index in [1.807, 2.05) is 12.1 Å². The number of carbonyl (C=O) groups is 1. The Labute approximate surface area is 194 Å². The minimum absolute atomic E-state index is 0.00388. The van der Waals surface area contributed by atoms with Crippen molar-refractivity contribution < 1.29 is 19.2 Å². The Balaban J connectivity index is 1.09. The molecule has 0 aromatic heterocycles. The van der Waals surface area contributed by atoms with Crippen molar-refractivity contribution >= 4 is 17.3 Å². The van der Waals surface area contributed by atoms with Crippen LogP contribution < -0.4 is 4.90 Å². The molecule has 0 radical (unpaired) electrons. The van der Waals surface area contributed by atoms with Gasteiger partial charge in [0.25, 0.3) is 5.69 Å². The standard InChI is InChI=1S/C25H33N3O5/c1-24-7-2-8-25(16-32-25)22(24)13-19-20(23(29)33-21(19)14-24)15-26-9-11-27(12-10-26)17-3-5-18(6-4-17)28(30)31/h3-6,19-22H,2,7-16H2,1H3/t19-,20+,21+,22+,24+,25-/m0/s1. The van der Waals surface area contributed by atoms with Gasteiger partial charge in [-0.3, -0.25) is 19.8 Å². The van der Waals surface area contributed by atoms with E-state index in [4.69, 9.17) is 9.47 Å². The van der Waals surface area contributed by atoms with Crippen LogP contribution in [0.2, 0.25) is 0 Å². The number of piperazine rings is 1. The lowest BCUT2D eigenvalue weighted by molar-refractivity contribution is -0.384. The van der Waals surface area contributed by atoms with Gasteiger partial charge in [0.1, 0.15) is 6.10 Å². The van der Waals surface area contributed by atoms with E-state index in [0.717, 1.165) is 57.9 Å². The summed E-state index contributed by atoms with van der Waals surface area (Å²) in [4.78, 5) is 28.1. The van der Waals surface area contributed by atoms with Crippen LogP contribution in [0.5, 0.6) is 0 Å². The molecule has 3 aliphatic heterocycles. The van der Waals surface area contributed by atoms with Crippen LogP contribution >= 0.6 is 0 Å². The number of epoxide rings is 1. The van der Waals surface area contributed by atoms with E-state index < -0.39 is 0 Å². The lowest BCUT2D eigenvalue weighted by Gasteiger charge is -2.51. The predicted octanol–water partition coefficient (Wildman–Crippen LogP) is 3.24. The van der Waals surface area contributed by atoms with E-state index in [2.05, 4.69) is 16.7 Å². The lowest BCUT2D eigenvalue weighted by atomic mass is 9.53. The molecule has 0 bridgehead atoms. The first-order valence-corrected chi connectivity index (χ1v) is 12.4. The molecule has 5 fully saturated rings. The first-order chi connectivity index (χ1) is 15.9. The van der Waals surface area contributed by atoms with Crippen molar-refractivity contribution in [1.82, 2.24) is 4.90 Å². The minimum atomic E-state index is -0.367. The van der Waals surface area contributed by atoms with Gasteiger partial charge in [-0.15, -0.1) is 0 Å². The summed E-state index contributed by atoms with van der Waals surface area (Å²) >= 11 is 0. The first-order valence-electron chi connectivity index (χ1n) is 12.4. The highest BCUT2D eigenvalue weighted by molar-refractivity contribution is 5.75. The molecule has 33 heavy (non-hydrogen) atoms. The Morgan fingerprint density at radius 1 is 1.15 bits per heavy atom. The van der Waals surface area contributed by atoms with Crippen LogP contribution in [0.1, 0.15) is 39.0 Å². The Morgan fingerprint density at radius 3 is 2.55 bits per heavy atom. The second-order valence-electron chi connectivity index (χ2n) is 11.2. The maximum Gasteiger partial charge on any atom is 0.310 e. The molecule has 0 amide bonds. The Morgan fingerprint density at radius 2 is 1.88 bits per heavy atom. The monoisotopic (exact) mass is 455 g/mol. The lowest BCUT2D eigenvalue weighted by Crippen LogP contribution is -2.52. The molecular weight excluding hydrogens is 422 g/mol. The van der Waals surface area contributed by atoms with Gasteiger partial charge in [-0.2, -0.15) is 0 Å². The summed E-state index contributed by atoms with van der Waals surface area (Å²) in [5.41, 5.74) is 1.46. The summed E-state index contributed by atoms with van der Waals surface area (Å²) in [6.45, 7) is 7.53. The molecule has 8 heteroatoms. The maximum absolute atomic E-state index is 12.9. The van der Waals surface area contributed by atoms with Crippen LogP contribution in [0.3, 0.4) is 0 Å². The molecule has 0 N–H and O–H groups in total. The van der Waals surface area contributed by atoms with Crippen LogP contribution in [-0.2, 0) is 14.3 Å². The van der Waals surface area contributed by atoms with Crippen molar-refractivity contribution in [2.45, 2.75) is 50.7 Å². The minimum Gasteiger partial charge on any atom is -0.462 e. The molecule has 2 saturated carbocycles. The number of ether oxygens (including phenoxy) is 2. The number of nitro benzene ring substituents is 1. The fourth-order valence-corrected chi connectivity index (χ4v) is 7.42. The van der Waals surface area contributed by atoms with E-state index in [9.17, 15) is 14.9 Å². The highest BCUT2D eigenvalue weighted by atomic mass is 16.6. The number of rotatable bonds is 4. The maximum atomic E-state index is 12.9. The summed E-state index contributed by atoms with van der Waals surface area (Å²) in [7, 11) is 0. The Bertz CT molecular complexity index is 940. The second kappa shape index (κ2) is 7.67. The molecule has 3 saturated heterocycles. The zero-order valence-electron chi connectivity index (χ0n) is 19.3. The fourth-order valence-electron chi connectivity index (χ4n) is 7.42. The topological polar surface area (TPSA) is 88.5 Å². The third-order valence-electron chi connectivity index (χ3n) is 9.33. The zero-order valence-corrected chi connectivity index (χ0v) is 19.3. The number of anilines is 1. The van der Waals surface area contributed by atoms with Gasteiger partial charge in [0, 0.05) is 56.5 Å². The summed E-state index contributed by atoms with van der Waals surface area (Å²) in [6, 6.07) is 6.78. The molecule has 0 unspecified atom stereocenters. The molecular formula is C25H33N3O5. The number of fused-ring (bicyclic) bond motifs is 3. The van der Waals surface area contributed by atoms with Crippen LogP contribution in [-0.4, -0.2) is 66.8 Å². The van der Waals surface area contributed by atoms with E-state index >= 15 is 0 Å². The number of carbonyl (C=O) groups excluding carboxylic acids is 1. The van der Waals surface area contributed by atoms with E-state index in [0.29, 0.717) is 11.8 Å². The van der Waals surface area contributed by atoms with E-state index in [1.54, 1.807) is 12.1 Å². The third kappa shape index (κ3) is 3.62. The van der Waals surface area contributed by atoms with Crippen molar-refractivity contribution in [3.05, 3.63) is 34.4 Å². The number of hydrogen-bond donors (Lipinski definition) is 0. The summed E-state index contributed by atoms with van der Waals surface area (Å²) < 4.78 is 12.0. The van der Waals surface area contributed by atoms with Crippen molar-refractivity contribution in [2.24, 2.45) is 23.2 Å². The normalized spacial score (nSPS) is 40.3. The van der Waals surface area contributed by atoms with Gasteiger partial charge in [-0.1, -0.05) is 6.92 Å². The van der Waals surface area contributed by atoms with Crippen LogP contribution in [0.4, 0.5) is 11.4 Å². The predicted molar refractivity (Wildman–Crippen MR) is 122 cm³/mol. The number of esters is 1. The fraction of sp³-hybridized carbons (Fsp3) is 0.720. The average Bonchev–Trinajstić information content (AvgIpc) is 3.51. The quantitative estimate of drug-likeness (QED) is 0.298. The first kappa shape index (κ1) is 21.4. The molecule has 8 nitrogen and oxygen atoms in total. The number of hydrogen-bond acceptors (Lipinski definition) is 7. The van der Waals surface area contributed by atoms with Gasteiger partial charge in [-0.25, -0.2) is 0 Å². The van der Waals surface area contributed by atoms with Gasteiger partial charge < -0.3 is 14.4 Å². The van der Waals surface area contributed by atoms with Gasteiger partial charge >= 0.3 is 5.97 Å². The van der Waals surface area contributed by atoms with Crippen molar-refractivity contribution in [2.75, 3.05) is 44.2 Å². The molecule has 6 rings (SSSR count). The average molecular weight is 456 g/mol. The molecule has 1 spiro atoms. The van der Waals surface area contributed by atoms with Crippen LogP contribution in [0.15, 0.2) is 24.3 Å². The number of nitrogens with zero attached hydrogens (tertiary/aromatic N) is 3. The second-order valence-corrected chi connectivity index (χ2v) is 11.2. The van der Waals surface area contributed by atoms with Crippen molar-refractivity contribution in [3.63, 3.8) is 0 Å². The molecule has 3 heterocycles. The highest BCUT2D eigenvalue weighted by Gasteiger charge is 2.65. The van der Waals surface area contributed by atoms with Crippen LogP contribution in [0, 0.1) is 33.3 Å². The largest absolute Gasteiger partial charge is 0.462 e. The number of nitro groups is 1. The van der Waals surface area contributed by atoms with Gasteiger partial charge in [0.05, 0.1) is 23.0 Å². The van der Waals surface area contributed by atoms with E-state index in [1.165, 1.54) is 19.3 Å². The zero-order chi connectivity index (χ0) is 22.8. The van der Waals surface area contributed by atoms with Crippen LogP contribution in [0.25, 0.3) is 0 Å². The highest BCUT2D eigenvalue weighted by Crippen LogP contribution is 2.62. The molecule has 5 aliphatic rings. The van der Waals surface area contributed by atoms with Crippen molar-refractivity contribution in [3.8, 4) is 0 Å². The van der Waals surface area contributed by atoms with Gasteiger partial charge in [0.2, 0.25) is 0 Å². The van der Waals surface area contributed by atoms with Gasteiger partial charge in [-0.05, 0) is 55.6 Å². The summed E-state index contributed by atoms with van der Waals surface area (Å²) in [5, 5.41) is 10.9. The molecule has 1 aromatic rings. The molecule has 6 atom stereocenters. The molecule has 2 aliphatic carbocycles. The molecule has 178 valence electrons. The number of non-ortho nitro benzene ring substituents is 1.